The summed E-state index contributed by atoms with van der Waals surface area (Å²) in [6.45, 7) is 10.6. The van der Waals surface area contributed by atoms with E-state index in [1.165, 1.54) is 6.33 Å². The number of carbonyl (C=O) groups excluding carboxylic acids is 1. The molecule has 0 atom stereocenters. The highest BCUT2D eigenvalue weighted by atomic mass is 16.5. The fourth-order valence-electron chi connectivity index (χ4n) is 3.45. The van der Waals surface area contributed by atoms with Gasteiger partial charge in [0.05, 0.1) is 18.6 Å². The van der Waals surface area contributed by atoms with Crippen molar-refractivity contribution >= 4 is 5.91 Å². The summed E-state index contributed by atoms with van der Waals surface area (Å²) in [5, 5.41) is 0. The molecule has 27 heavy (non-hydrogen) atoms. The smallest absolute Gasteiger partial charge is 0.266 e. The number of benzene rings is 1. The number of rotatable bonds is 4. The van der Waals surface area contributed by atoms with Crippen LogP contribution in [0.15, 0.2) is 29.3 Å². The zero-order valence-electron chi connectivity index (χ0n) is 16.6. The van der Waals surface area contributed by atoms with Gasteiger partial charge >= 0.3 is 0 Å². The molecule has 0 saturated carbocycles. The zero-order chi connectivity index (χ0) is 19.8. The first kappa shape index (κ1) is 19.1. The Morgan fingerprint density at radius 3 is 2.78 bits per heavy atom. The molecule has 0 spiro atoms. The second kappa shape index (κ2) is 7.18. The molecule has 0 saturated heterocycles. The summed E-state index contributed by atoms with van der Waals surface area (Å²) in [4.78, 5) is 33.6. The number of carbonyl (C=O) groups is 1. The monoisotopic (exact) mass is 369 g/mol. The molecular weight excluding hydrogens is 342 g/mol. The van der Waals surface area contributed by atoms with E-state index in [-0.39, 0.29) is 11.5 Å². The first-order valence-electron chi connectivity index (χ1n) is 9.33. The van der Waals surface area contributed by atoms with E-state index >= 15 is 0 Å². The summed E-state index contributed by atoms with van der Waals surface area (Å²) in [6.07, 6.45) is 1.89. The van der Waals surface area contributed by atoms with Crippen LogP contribution in [0, 0.1) is 6.92 Å². The molecule has 0 radical (unpaired) electrons. The molecule has 1 aliphatic rings. The maximum atomic E-state index is 13.2. The Morgan fingerprint density at radius 2 is 2.07 bits per heavy atom. The van der Waals surface area contributed by atoms with Gasteiger partial charge in [0.25, 0.3) is 11.5 Å². The van der Waals surface area contributed by atoms with Gasteiger partial charge in [-0.1, -0.05) is 26.0 Å². The summed E-state index contributed by atoms with van der Waals surface area (Å²) in [5.41, 5.74) is 2.36. The first-order valence-corrected chi connectivity index (χ1v) is 9.33. The van der Waals surface area contributed by atoms with Crippen LogP contribution in [-0.4, -0.2) is 32.9 Å². The van der Waals surface area contributed by atoms with E-state index in [2.05, 4.69) is 35.9 Å². The Bertz CT molecular complexity index is 915. The Morgan fingerprint density at radius 1 is 1.33 bits per heavy atom. The van der Waals surface area contributed by atoms with Crippen molar-refractivity contribution in [3.8, 4) is 5.75 Å². The van der Waals surface area contributed by atoms with E-state index in [1.54, 1.807) is 18.7 Å². The molecule has 3 rings (SSSR count). The van der Waals surface area contributed by atoms with Crippen LogP contribution < -0.4 is 10.3 Å². The predicted octanol–water partition coefficient (Wildman–Crippen LogP) is 2.94. The van der Waals surface area contributed by atoms with Crippen molar-refractivity contribution in [1.82, 2.24) is 14.9 Å². The SMILES string of the molecule is Cc1ccc(C(C)C)c(OC(C)(C)C(=O)N2CCc3c(nc[nH]c3=O)C2)c1. The maximum absolute atomic E-state index is 13.2. The van der Waals surface area contributed by atoms with Crippen LogP contribution in [0.5, 0.6) is 5.75 Å². The summed E-state index contributed by atoms with van der Waals surface area (Å²) >= 11 is 0. The van der Waals surface area contributed by atoms with Gasteiger partial charge in [0, 0.05) is 12.1 Å². The van der Waals surface area contributed by atoms with Crippen LogP contribution in [-0.2, 0) is 17.8 Å². The molecule has 0 bridgehead atoms. The number of H-pyrrole nitrogens is 1. The number of aryl methyl sites for hydroxylation is 1. The standard InChI is InChI=1S/C21H27N3O3/c1-13(2)15-7-6-14(3)10-18(15)27-21(4,5)20(26)24-9-8-16-17(11-24)22-12-23-19(16)25/h6-7,10,12-13H,8-9,11H2,1-5H3,(H,22,23,25). The lowest BCUT2D eigenvalue weighted by Crippen LogP contribution is -2.51. The van der Waals surface area contributed by atoms with E-state index in [4.69, 9.17) is 4.74 Å². The highest BCUT2D eigenvalue weighted by Crippen LogP contribution is 2.31. The lowest BCUT2D eigenvalue weighted by molar-refractivity contribution is -0.146. The molecule has 144 valence electrons. The van der Waals surface area contributed by atoms with E-state index in [1.807, 2.05) is 13.0 Å². The van der Waals surface area contributed by atoms with Gasteiger partial charge < -0.3 is 14.6 Å². The quantitative estimate of drug-likeness (QED) is 0.899. The van der Waals surface area contributed by atoms with Gasteiger partial charge in [-0.05, 0) is 50.3 Å². The molecule has 2 aromatic rings. The van der Waals surface area contributed by atoms with Crippen LogP contribution in [0.1, 0.15) is 56.0 Å². The van der Waals surface area contributed by atoms with Crippen molar-refractivity contribution in [3.63, 3.8) is 0 Å². The van der Waals surface area contributed by atoms with Gasteiger partial charge in [0.2, 0.25) is 0 Å². The Labute approximate surface area is 159 Å². The molecule has 1 amide bonds. The fourth-order valence-corrected chi connectivity index (χ4v) is 3.45. The number of fused-ring (bicyclic) bond motifs is 1. The number of aromatic amines is 1. The molecule has 0 aliphatic carbocycles. The topological polar surface area (TPSA) is 75.3 Å². The van der Waals surface area contributed by atoms with E-state index in [0.29, 0.717) is 36.7 Å². The minimum Gasteiger partial charge on any atom is -0.478 e. The highest BCUT2D eigenvalue weighted by molar-refractivity contribution is 5.85. The molecular formula is C21H27N3O3. The number of ether oxygens (including phenoxy) is 1. The van der Waals surface area contributed by atoms with Crippen molar-refractivity contribution in [2.24, 2.45) is 0 Å². The number of hydrogen-bond acceptors (Lipinski definition) is 4. The number of aromatic nitrogens is 2. The van der Waals surface area contributed by atoms with Crippen molar-refractivity contribution < 1.29 is 9.53 Å². The molecule has 6 nitrogen and oxygen atoms in total. The molecule has 0 unspecified atom stereocenters. The van der Waals surface area contributed by atoms with Gasteiger partial charge in [-0.2, -0.15) is 0 Å². The molecule has 0 fully saturated rings. The summed E-state index contributed by atoms with van der Waals surface area (Å²) in [5.74, 6) is 0.936. The summed E-state index contributed by atoms with van der Waals surface area (Å²) < 4.78 is 6.22. The third-order valence-electron chi connectivity index (χ3n) is 4.97. The Balaban J connectivity index is 1.83. The molecule has 2 heterocycles. The third-order valence-corrected chi connectivity index (χ3v) is 4.97. The second-order valence-electron chi connectivity index (χ2n) is 7.94. The molecule has 1 aromatic heterocycles. The molecule has 1 aromatic carbocycles. The van der Waals surface area contributed by atoms with Gasteiger partial charge in [-0.15, -0.1) is 0 Å². The Hall–Kier alpha value is -2.63. The van der Waals surface area contributed by atoms with Crippen LogP contribution in [0.3, 0.4) is 0 Å². The number of hydrogen-bond donors (Lipinski definition) is 1. The van der Waals surface area contributed by atoms with Gasteiger partial charge in [0.15, 0.2) is 5.60 Å². The minimum atomic E-state index is -1.02. The van der Waals surface area contributed by atoms with Gasteiger partial charge in [-0.25, -0.2) is 4.98 Å². The number of amides is 1. The average Bonchev–Trinajstić information content (AvgIpc) is 2.60. The van der Waals surface area contributed by atoms with Crippen LogP contribution >= 0.6 is 0 Å². The van der Waals surface area contributed by atoms with Crippen molar-refractivity contribution in [3.05, 3.63) is 57.3 Å². The zero-order valence-corrected chi connectivity index (χ0v) is 16.6. The Kier molecular flexibility index (Phi) is 5.09. The van der Waals surface area contributed by atoms with Crippen LogP contribution in [0.25, 0.3) is 0 Å². The van der Waals surface area contributed by atoms with Gasteiger partial charge in [0.1, 0.15) is 5.75 Å². The lowest BCUT2D eigenvalue weighted by atomic mass is 9.99. The number of nitrogens with zero attached hydrogens (tertiary/aromatic N) is 2. The molecule has 6 heteroatoms. The van der Waals surface area contributed by atoms with Crippen LogP contribution in [0.4, 0.5) is 0 Å². The van der Waals surface area contributed by atoms with Gasteiger partial charge in [-0.3, -0.25) is 9.59 Å². The van der Waals surface area contributed by atoms with E-state index < -0.39 is 5.60 Å². The van der Waals surface area contributed by atoms with E-state index in [0.717, 1.165) is 16.9 Å². The summed E-state index contributed by atoms with van der Waals surface area (Å²) in [7, 11) is 0. The number of nitrogens with one attached hydrogen (secondary N) is 1. The van der Waals surface area contributed by atoms with Crippen molar-refractivity contribution in [1.29, 1.82) is 0 Å². The largest absolute Gasteiger partial charge is 0.478 e. The molecule has 1 N–H and O–H groups in total. The first-order chi connectivity index (χ1) is 12.7. The minimum absolute atomic E-state index is 0.105. The van der Waals surface area contributed by atoms with Crippen LogP contribution in [0.2, 0.25) is 0 Å². The lowest BCUT2D eigenvalue weighted by Gasteiger charge is -2.35. The average molecular weight is 369 g/mol. The van der Waals surface area contributed by atoms with Crippen molar-refractivity contribution in [2.75, 3.05) is 6.54 Å². The van der Waals surface area contributed by atoms with Crippen molar-refractivity contribution in [2.45, 2.75) is 59.1 Å². The third kappa shape index (κ3) is 3.89. The molecule has 1 aliphatic heterocycles. The maximum Gasteiger partial charge on any atom is 0.266 e. The second-order valence-corrected chi connectivity index (χ2v) is 7.94. The fraction of sp³-hybridized carbons (Fsp3) is 0.476. The summed E-state index contributed by atoms with van der Waals surface area (Å²) in [6, 6.07) is 6.10. The van der Waals surface area contributed by atoms with E-state index in [9.17, 15) is 9.59 Å². The predicted molar refractivity (Wildman–Crippen MR) is 104 cm³/mol. The normalized spacial score (nSPS) is 14.2. The highest BCUT2D eigenvalue weighted by Gasteiger charge is 2.37.